The van der Waals surface area contributed by atoms with Crippen molar-refractivity contribution in [2.24, 2.45) is 0 Å². The summed E-state index contributed by atoms with van der Waals surface area (Å²) in [5.41, 5.74) is 1.72. The van der Waals surface area contributed by atoms with Crippen molar-refractivity contribution in [3.8, 4) is 11.5 Å². The summed E-state index contributed by atoms with van der Waals surface area (Å²) < 4.78 is 13.5. The van der Waals surface area contributed by atoms with E-state index in [1.54, 1.807) is 14.2 Å². The van der Waals surface area contributed by atoms with Gasteiger partial charge in [-0.1, -0.05) is 0 Å². The quantitative estimate of drug-likeness (QED) is 0.460. The molecule has 2 aromatic heterocycles. The molecular formula is C20H23IN6O4. The lowest BCUT2D eigenvalue weighted by molar-refractivity contribution is 0.124. The van der Waals surface area contributed by atoms with Gasteiger partial charge in [0.1, 0.15) is 27.3 Å². The third kappa shape index (κ3) is 4.31. The summed E-state index contributed by atoms with van der Waals surface area (Å²) in [6, 6.07) is 5.79. The number of carbonyl (C=O) groups is 1. The van der Waals surface area contributed by atoms with E-state index >= 15 is 0 Å². The predicted octanol–water partition coefficient (Wildman–Crippen LogP) is 3.38. The van der Waals surface area contributed by atoms with Gasteiger partial charge in [0.05, 0.1) is 25.6 Å². The Labute approximate surface area is 192 Å². The number of carboxylic acid groups (broad SMARTS) is 1. The number of rotatable bonds is 6. The zero-order valence-corrected chi connectivity index (χ0v) is 19.4. The number of aromatic nitrogens is 4. The SMILES string of the molecule is COc1ccc(CNc2ncnc3c2c(I)nn3C2CCN(C(=O)O)CC2)c(OC)c1. The van der Waals surface area contributed by atoms with Crippen molar-refractivity contribution in [3.63, 3.8) is 0 Å². The third-order valence-electron chi connectivity index (χ3n) is 5.47. The maximum atomic E-state index is 11.2. The number of piperidine rings is 1. The fourth-order valence-electron chi connectivity index (χ4n) is 3.80. The lowest BCUT2D eigenvalue weighted by Gasteiger charge is -2.30. The Balaban J connectivity index is 1.57. The molecule has 0 radical (unpaired) electrons. The summed E-state index contributed by atoms with van der Waals surface area (Å²) in [4.78, 5) is 21.5. The Hall–Kier alpha value is -2.83. The molecule has 1 fully saturated rings. The number of nitrogens with zero attached hydrogens (tertiary/aromatic N) is 5. The van der Waals surface area contributed by atoms with Crippen molar-refractivity contribution >= 4 is 45.5 Å². The molecule has 1 saturated heterocycles. The van der Waals surface area contributed by atoms with Gasteiger partial charge in [0.15, 0.2) is 5.65 Å². The molecule has 4 rings (SSSR count). The summed E-state index contributed by atoms with van der Waals surface area (Å²) in [6.07, 6.45) is 2.06. The average molecular weight is 538 g/mol. The molecule has 164 valence electrons. The number of amides is 1. The number of ether oxygens (including phenoxy) is 2. The number of nitrogens with one attached hydrogen (secondary N) is 1. The van der Waals surface area contributed by atoms with Gasteiger partial charge in [-0.3, -0.25) is 0 Å². The van der Waals surface area contributed by atoms with Crippen LogP contribution in [0.25, 0.3) is 11.0 Å². The minimum atomic E-state index is -0.874. The molecule has 2 N–H and O–H groups in total. The van der Waals surface area contributed by atoms with E-state index in [0.717, 1.165) is 31.8 Å². The van der Waals surface area contributed by atoms with Gasteiger partial charge in [-0.2, -0.15) is 5.10 Å². The molecule has 0 aliphatic carbocycles. The van der Waals surface area contributed by atoms with Gasteiger partial charge in [0.25, 0.3) is 0 Å². The predicted molar refractivity (Wildman–Crippen MR) is 123 cm³/mol. The Morgan fingerprint density at radius 2 is 2.03 bits per heavy atom. The first kappa shape index (κ1) is 21.4. The van der Waals surface area contributed by atoms with Crippen LogP contribution < -0.4 is 14.8 Å². The summed E-state index contributed by atoms with van der Waals surface area (Å²) in [7, 11) is 3.25. The monoisotopic (exact) mass is 538 g/mol. The number of anilines is 1. The molecule has 0 spiro atoms. The van der Waals surface area contributed by atoms with Crippen LogP contribution in [-0.2, 0) is 6.54 Å². The van der Waals surface area contributed by atoms with Crippen LogP contribution in [0, 0.1) is 3.70 Å². The van der Waals surface area contributed by atoms with E-state index in [2.05, 4.69) is 37.9 Å². The Morgan fingerprint density at radius 1 is 1.26 bits per heavy atom. The number of benzene rings is 1. The van der Waals surface area contributed by atoms with Crippen LogP contribution in [0.3, 0.4) is 0 Å². The first-order chi connectivity index (χ1) is 15.0. The fourth-order valence-corrected chi connectivity index (χ4v) is 4.53. The van der Waals surface area contributed by atoms with Crippen molar-refractivity contribution in [1.82, 2.24) is 24.6 Å². The zero-order chi connectivity index (χ0) is 22.0. The number of hydrogen-bond donors (Lipinski definition) is 2. The highest BCUT2D eigenvalue weighted by Gasteiger charge is 2.27. The van der Waals surface area contributed by atoms with E-state index < -0.39 is 6.09 Å². The van der Waals surface area contributed by atoms with Gasteiger partial charge in [0.2, 0.25) is 0 Å². The summed E-state index contributed by atoms with van der Waals surface area (Å²) in [5.74, 6) is 2.16. The van der Waals surface area contributed by atoms with Gasteiger partial charge >= 0.3 is 6.09 Å². The second-order valence-electron chi connectivity index (χ2n) is 7.19. The fraction of sp³-hybridized carbons (Fsp3) is 0.400. The van der Waals surface area contributed by atoms with Crippen LogP contribution in [0.2, 0.25) is 0 Å². The van der Waals surface area contributed by atoms with Crippen molar-refractivity contribution in [3.05, 3.63) is 33.8 Å². The first-order valence-corrected chi connectivity index (χ1v) is 10.9. The van der Waals surface area contributed by atoms with Crippen LogP contribution in [0.15, 0.2) is 24.5 Å². The lowest BCUT2D eigenvalue weighted by atomic mass is 10.1. The van der Waals surface area contributed by atoms with Crippen LogP contribution in [0.4, 0.5) is 10.6 Å². The highest BCUT2D eigenvalue weighted by molar-refractivity contribution is 14.1. The molecular weight excluding hydrogens is 515 g/mol. The van der Waals surface area contributed by atoms with E-state index in [-0.39, 0.29) is 6.04 Å². The van der Waals surface area contributed by atoms with Crippen molar-refractivity contribution in [2.45, 2.75) is 25.4 Å². The second-order valence-corrected chi connectivity index (χ2v) is 8.21. The minimum absolute atomic E-state index is 0.103. The number of fused-ring (bicyclic) bond motifs is 1. The molecule has 11 heteroatoms. The molecule has 1 aliphatic heterocycles. The topological polar surface area (TPSA) is 115 Å². The van der Waals surface area contributed by atoms with E-state index in [4.69, 9.17) is 14.6 Å². The number of halogens is 1. The number of hydrogen-bond acceptors (Lipinski definition) is 7. The molecule has 1 aliphatic rings. The summed E-state index contributed by atoms with van der Waals surface area (Å²) in [6.45, 7) is 1.49. The van der Waals surface area contributed by atoms with Gasteiger partial charge in [-0.25, -0.2) is 19.4 Å². The average Bonchev–Trinajstić information content (AvgIpc) is 3.14. The van der Waals surface area contributed by atoms with Gasteiger partial charge in [0, 0.05) is 31.3 Å². The van der Waals surface area contributed by atoms with Gasteiger partial charge in [-0.05, 0) is 47.6 Å². The maximum absolute atomic E-state index is 11.2. The molecule has 1 amide bonds. The largest absolute Gasteiger partial charge is 0.497 e. The minimum Gasteiger partial charge on any atom is -0.497 e. The molecule has 10 nitrogen and oxygen atoms in total. The highest BCUT2D eigenvalue weighted by Crippen LogP contribution is 2.31. The Bertz CT molecular complexity index is 1100. The van der Waals surface area contributed by atoms with Crippen LogP contribution in [0.5, 0.6) is 11.5 Å². The van der Waals surface area contributed by atoms with E-state index in [0.29, 0.717) is 38.3 Å². The van der Waals surface area contributed by atoms with Gasteiger partial charge in [-0.15, -0.1) is 0 Å². The lowest BCUT2D eigenvalue weighted by Crippen LogP contribution is -2.38. The highest BCUT2D eigenvalue weighted by atomic mass is 127. The molecule has 0 bridgehead atoms. The van der Waals surface area contributed by atoms with Gasteiger partial charge < -0.3 is 24.8 Å². The smallest absolute Gasteiger partial charge is 0.407 e. The van der Waals surface area contributed by atoms with E-state index in [1.807, 2.05) is 22.9 Å². The second kappa shape index (κ2) is 9.12. The van der Waals surface area contributed by atoms with E-state index in [1.165, 1.54) is 11.2 Å². The molecule has 0 saturated carbocycles. The van der Waals surface area contributed by atoms with Crippen LogP contribution >= 0.6 is 22.6 Å². The molecule has 3 aromatic rings. The molecule has 0 unspecified atom stereocenters. The van der Waals surface area contributed by atoms with Crippen molar-refractivity contribution in [1.29, 1.82) is 0 Å². The molecule has 0 atom stereocenters. The number of likely N-dealkylation sites (tertiary alicyclic amines) is 1. The van der Waals surface area contributed by atoms with Crippen molar-refractivity contribution < 1.29 is 19.4 Å². The normalized spacial score (nSPS) is 14.6. The maximum Gasteiger partial charge on any atom is 0.407 e. The summed E-state index contributed by atoms with van der Waals surface area (Å²) in [5, 5.41) is 18.1. The first-order valence-electron chi connectivity index (χ1n) is 9.83. The standard InChI is InChI=1S/C20H23IN6O4/c1-30-14-4-3-12(15(9-14)31-2)10-22-18-16-17(21)25-27(19(16)24-11-23-18)13-5-7-26(8-6-13)20(28)29/h3-4,9,11,13H,5-8,10H2,1-2H3,(H,28,29)(H,22,23,24). The molecule has 3 heterocycles. The molecule has 1 aromatic carbocycles. The van der Waals surface area contributed by atoms with Crippen LogP contribution in [0.1, 0.15) is 24.4 Å². The zero-order valence-electron chi connectivity index (χ0n) is 17.2. The van der Waals surface area contributed by atoms with Crippen LogP contribution in [-0.4, -0.2) is 63.2 Å². The van der Waals surface area contributed by atoms with E-state index in [9.17, 15) is 9.90 Å². The summed E-state index contributed by atoms with van der Waals surface area (Å²) >= 11 is 2.20. The Morgan fingerprint density at radius 3 is 2.71 bits per heavy atom. The Kier molecular flexibility index (Phi) is 6.30. The van der Waals surface area contributed by atoms with Crippen molar-refractivity contribution in [2.75, 3.05) is 32.6 Å². The third-order valence-corrected chi connectivity index (χ3v) is 6.22. The molecule has 31 heavy (non-hydrogen) atoms. The number of methoxy groups -OCH3 is 2.